The van der Waals surface area contributed by atoms with E-state index in [1.165, 1.54) is 23.9 Å². The van der Waals surface area contributed by atoms with Crippen molar-refractivity contribution in [3.05, 3.63) is 41.8 Å². The van der Waals surface area contributed by atoms with Crippen molar-refractivity contribution in [2.75, 3.05) is 5.32 Å². The Morgan fingerprint density at radius 3 is 2.52 bits per heavy atom. The van der Waals surface area contributed by atoms with Gasteiger partial charge in [-0.2, -0.15) is 0 Å². The van der Waals surface area contributed by atoms with Crippen LogP contribution in [0.2, 0.25) is 0 Å². The first-order valence-corrected chi connectivity index (χ1v) is 7.24. The van der Waals surface area contributed by atoms with E-state index in [0.717, 1.165) is 18.9 Å². The molecule has 3 N–H and O–H groups in total. The number of carbonyl (C=O) groups excluding carboxylic acids is 1. The Hall–Kier alpha value is -2.35. The lowest BCUT2D eigenvalue weighted by atomic mass is 9.81. The minimum Gasteiger partial charge on any atom is -0.348 e. The van der Waals surface area contributed by atoms with Crippen LogP contribution in [0.15, 0.2) is 36.2 Å². The van der Waals surface area contributed by atoms with Gasteiger partial charge in [0.2, 0.25) is 5.95 Å². The fourth-order valence-corrected chi connectivity index (χ4v) is 3.08. The van der Waals surface area contributed by atoms with Crippen LogP contribution < -0.4 is 10.8 Å². The van der Waals surface area contributed by atoms with Crippen molar-refractivity contribution < 1.29 is 18.8 Å². The number of allylic oxidation sites excluding steroid dienone is 3. The van der Waals surface area contributed by atoms with Crippen LogP contribution in [0, 0.1) is 11.8 Å². The van der Waals surface area contributed by atoms with Crippen molar-refractivity contribution in [1.82, 2.24) is 15.4 Å². The van der Waals surface area contributed by atoms with Gasteiger partial charge >= 0.3 is 0 Å². The molecule has 1 fully saturated rings. The maximum Gasteiger partial charge on any atom is 0.277 e. The quantitative estimate of drug-likeness (QED) is 0.586. The third kappa shape index (κ3) is 2.94. The molecule has 0 bridgehead atoms. The molecule has 0 radical (unpaired) electrons. The van der Waals surface area contributed by atoms with E-state index in [9.17, 15) is 13.6 Å². The average molecular weight is 322 g/mol. The van der Waals surface area contributed by atoms with Crippen molar-refractivity contribution in [3.63, 3.8) is 0 Å². The van der Waals surface area contributed by atoms with Crippen LogP contribution in [0.25, 0.3) is 0 Å². The Labute approximate surface area is 131 Å². The van der Waals surface area contributed by atoms with Crippen LogP contribution in [0.1, 0.15) is 30.1 Å². The second-order valence-electron chi connectivity index (χ2n) is 5.93. The largest absolute Gasteiger partial charge is 0.348 e. The topological polar surface area (TPSA) is 87.1 Å². The summed E-state index contributed by atoms with van der Waals surface area (Å²) in [6.45, 7) is 1.77. The molecule has 8 heteroatoms. The third-order valence-electron chi connectivity index (χ3n) is 4.28. The van der Waals surface area contributed by atoms with Crippen molar-refractivity contribution in [3.8, 4) is 0 Å². The molecule has 0 spiro atoms. The highest BCUT2D eigenvalue weighted by molar-refractivity contribution is 5.92. The Bertz CT molecular complexity index is 683. The molecule has 23 heavy (non-hydrogen) atoms. The fraction of sp³-hybridized carbons (Fsp3) is 0.400. The van der Waals surface area contributed by atoms with Crippen LogP contribution >= 0.6 is 0 Å². The molecule has 0 aromatic carbocycles. The summed E-state index contributed by atoms with van der Waals surface area (Å²) < 4.78 is 27.5. The maximum absolute atomic E-state index is 14.2. The number of nitrogens with one attached hydrogen (secondary N) is 2. The Balaban J connectivity index is 1.77. The van der Waals surface area contributed by atoms with Gasteiger partial charge in [-0.05, 0) is 24.8 Å². The number of amides is 1. The summed E-state index contributed by atoms with van der Waals surface area (Å²) in [6.07, 6.45) is 6.29. The second kappa shape index (κ2) is 5.69. The molecule has 1 saturated carbocycles. The predicted octanol–water partition coefficient (Wildman–Crippen LogP) is 2.51. The number of hydrogen-bond acceptors (Lipinski definition) is 5. The molecule has 3 rings (SSSR count). The molecule has 1 aromatic heterocycles. The molecule has 0 aliphatic heterocycles. The van der Waals surface area contributed by atoms with Crippen molar-refractivity contribution in [2.45, 2.75) is 25.3 Å². The molecule has 2 atom stereocenters. The van der Waals surface area contributed by atoms with E-state index < -0.39 is 29.0 Å². The first-order valence-electron chi connectivity index (χ1n) is 7.24. The van der Waals surface area contributed by atoms with E-state index in [1.54, 1.807) is 6.92 Å². The van der Waals surface area contributed by atoms with Gasteiger partial charge in [0, 0.05) is 24.4 Å². The first kappa shape index (κ1) is 15.5. The fourth-order valence-electron chi connectivity index (χ4n) is 3.08. The minimum atomic E-state index is -0.715. The first-order chi connectivity index (χ1) is 10.9. The van der Waals surface area contributed by atoms with Crippen LogP contribution in [-0.2, 0) is 0 Å². The van der Waals surface area contributed by atoms with E-state index in [-0.39, 0.29) is 17.4 Å². The van der Waals surface area contributed by atoms with Gasteiger partial charge in [0.25, 0.3) is 5.91 Å². The van der Waals surface area contributed by atoms with Gasteiger partial charge in [-0.3, -0.25) is 10.0 Å². The highest BCUT2D eigenvalue weighted by Gasteiger charge is 2.54. The van der Waals surface area contributed by atoms with Crippen molar-refractivity contribution in [2.24, 2.45) is 11.8 Å². The summed E-state index contributed by atoms with van der Waals surface area (Å²) in [5.74, 6) is -2.27. The van der Waals surface area contributed by atoms with Crippen molar-refractivity contribution >= 4 is 11.9 Å². The number of halogens is 2. The van der Waals surface area contributed by atoms with Gasteiger partial charge in [0.1, 0.15) is 11.7 Å². The monoisotopic (exact) mass is 322 g/mol. The highest BCUT2D eigenvalue weighted by atomic mass is 19.1. The molecule has 1 aromatic rings. The number of aromatic nitrogens is 2. The number of rotatable bonds is 4. The lowest BCUT2D eigenvalue weighted by molar-refractivity contribution is 0.0705. The Morgan fingerprint density at radius 1 is 1.35 bits per heavy atom. The molecule has 122 valence electrons. The molecular weight excluding hydrogens is 306 g/mol. The van der Waals surface area contributed by atoms with E-state index in [2.05, 4.69) is 15.3 Å². The summed E-state index contributed by atoms with van der Waals surface area (Å²) >= 11 is 0. The highest BCUT2D eigenvalue weighted by Crippen LogP contribution is 2.52. The molecule has 1 heterocycles. The molecular formula is C15H16F2N4O2. The molecule has 2 unspecified atom stereocenters. The van der Waals surface area contributed by atoms with Gasteiger partial charge in [0.15, 0.2) is 0 Å². The normalized spacial score (nSPS) is 25.2. The SMILES string of the molecule is CC1C=C(F)C=C(F)C1C1(Nc2ncc(C(=O)NO)cn2)CC1. The number of hydrogen-bond donors (Lipinski definition) is 3. The van der Waals surface area contributed by atoms with E-state index in [1.807, 2.05) is 0 Å². The zero-order chi connectivity index (χ0) is 16.6. The van der Waals surface area contributed by atoms with Gasteiger partial charge in [0.05, 0.1) is 11.1 Å². The lowest BCUT2D eigenvalue weighted by Gasteiger charge is -2.32. The van der Waals surface area contributed by atoms with Gasteiger partial charge in [-0.15, -0.1) is 0 Å². The summed E-state index contributed by atoms with van der Waals surface area (Å²) in [6, 6.07) is 0. The van der Waals surface area contributed by atoms with Crippen LogP contribution in [0.5, 0.6) is 0 Å². The predicted molar refractivity (Wildman–Crippen MR) is 77.9 cm³/mol. The van der Waals surface area contributed by atoms with Crippen LogP contribution in [-0.4, -0.2) is 26.6 Å². The number of nitrogens with zero attached hydrogens (tertiary/aromatic N) is 2. The minimum absolute atomic E-state index is 0.102. The summed E-state index contributed by atoms with van der Waals surface area (Å²) in [5.41, 5.74) is 1.05. The molecule has 0 saturated heterocycles. The summed E-state index contributed by atoms with van der Waals surface area (Å²) in [4.78, 5) is 19.2. The Kier molecular flexibility index (Phi) is 3.85. The number of hydroxylamine groups is 1. The van der Waals surface area contributed by atoms with Gasteiger partial charge < -0.3 is 5.32 Å². The number of anilines is 1. The van der Waals surface area contributed by atoms with E-state index in [0.29, 0.717) is 0 Å². The third-order valence-corrected chi connectivity index (χ3v) is 4.28. The molecule has 1 amide bonds. The van der Waals surface area contributed by atoms with Crippen molar-refractivity contribution in [1.29, 1.82) is 0 Å². The van der Waals surface area contributed by atoms with E-state index >= 15 is 0 Å². The van der Waals surface area contributed by atoms with Gasteiger partial charge in [-0.1, -0.05) is 6.92 Å². The summed E-state index contributed by atoms with van der Waals surface area (Å²) in [7, 11) is 0. The zero-order valence-corrected chi connectivity index (χ0v) is 12.4. The van der Waals surface area contributed by atoms with Crippen LogP contribution in [0.4, 0.5) is 14.7 Å². The second-order valence-corrected chi connectivity index (χ2v) is 5.93. The Morgan fingerprint density at radius 2 is 2.00 bits per heavy atom. The maximum atomic E-state index is 14.2. The number of carbonyl (C=O) groups is 1. The standard InChI is InChI=1S/C15H16F2N4O2/c1-8-4-10(16)5-11(17)12(8)15(2-3-15)20-14-18-6-9(7-19-14)13(22)21-23/h4-8,12,23H,2-3H2,1H3,(H,21,22)(H,18,19,20). The summed E-state index contributed by atoms with van der Waals surface area (Å²) in [5, 5.41) is 11.7. The molecule has 2 aliphatic rings. The smallest absolute Gasteiger partial charge is 0.277 e. The van der Waals surface area contributed by atoms with E-state index in [4.69, 9.17) is 5.21 Å². The van der Waals surface area contributed by atoms with Gasteiger partial charge in [-0.25, -0.2) is 24.2 Å². The van der Waals surface area contributed by atoms with Crippen LogP contribution in [0.3, 0.4) is 0 Å². The molecule has 6 nitrogen and oxygen atoms in total. The average Bonchev–Trinajstić information content (AvgIpc) is 3.26. The molecule has 2 aliphatic carbocycles. The lowest BCUT2D eigenvalue weighted by Crippen LogP contribution is -2.37. The zero-order valence-electron chi connectivity index (χ0n) is 12.4.